The monoisotopic (exact) mass is 267 g/mol. The first kappa shape index (κ1) is 14.9. The van der Waals surface area contributed by atoms with E-state index >= 15 is 0 Å². The fraction of sp³-hybridized carbons (Fsp3) is 0.417. The number of amides is 1. The third-order valence-electron chi connectivity index (χ3n) is 2.49. The zero-order chi connectivity index (χ0) is 14.3. The Morgan fingerprint density at radius 3 is 2.79 bits per heavy atom. The lowest BCUT2D eigenvalue weighted by Crippen LogP contribution is -2.32. The van der Waals surface area contributed by atoms with E-state index in [1.165, 1.54) is 12.1 Å². The molecule has 2 N–H and O–H groups in total. The van der Waals surface area contributed by atoms with E-state index in [2.05, 4.69) is 10.6 Å². The molecule has 1 aromatic carbocycles. The van der Waals surface area contributed by atoms with Crippen LogP contribution in [0.4, 0.5) is 11.4 Å². The summed E-state index contributed by atoms with van der Waals surface area (Å²) in [5.74, 6) is -0.158. The number of nitro groups is 1. The summed E-state index contributed by atoms with van der Waals surface area (Å²) in [7, 11) is 1.56. The number of benzene rings is 1. The maximum Gasteiger partial charge on any atom is 0.269 e. The summed E-state index contributed by atoms with van der Waals surface area (Å²) in [4.78, 5) is 21.6. The van der Waals surface area contributed by atoms with Crippen LogP contribution in [0.25, 0.3) is 0 Å². The van der Waals surface area contributed by atoms with Crippen molar-refractivity contribution in [3.05, 3.63) is 33.9 Å². The van der Waals surface area contributed by atoms with E-state index in [-0.39, 0.29) is 18.1 Å². The topological polar surface area (TPSA) is 93.5 Å². The molecule has 0 spiro atoms. The van der Waals surface area contributed by atoms with Crippen LogP contribution in [-0.4, -0.2) is 37.6 Å². The molecule has 0 atom stereocenters. The first-order chi connectivity index (χ1) is 9.04. The van der Waals surface area contributed by atoms with E-state index in [1.54, 1.807) is 20.1 Å². The highest BCUT2D eigenvalue weighted by atomic mass is 16.6. The van der Waals surface area contributed by atoms with Gasteiger partial charge in [-0.25, -0.2) is 0 Å². The Hall–Kier alpha value is -2.15. The summed E-state index contributed by atoms with van der Waals surface area (Å²) in [6.07, 6.45) is 0. The van der Waals surface area contributed by atoms with Gasteiger partial charge in [-0.15, -0.1) is 0 Å². The maximum atomic E-state index is 11.4. The quantitative estimate of drug-likeness (QED) is 0.438. The summed E-state index contributed by atoms with van der Waals surface area (Å²) in [5, 5.41) is 16.2. The summed E-state index contributed by atoms with van der Waals surface area (Å²) in [6, 6.07) is 4.46. The van der Waals surface area contributed by atoms with Crippen LogP contribution in [0.2, 0.25) is 0 Å². The van der Waals surface area contributed by atoms with Crippen molar-refractivity contribution in [2.45, 2.75) is 6.92 Å². The molecular formula is C12H17N3O4. The summed E-state index contributed by atoms with van der Waals surface area (Å²) >= 11 is 0. The largest absolute Gasteiger partial charge is 0.383 e. The Bertz CT molecular complexity index is 462. The smallest absolute Gasteiger partial charge is 0.269 e. The molecule has 0 fully saturated rings. The van der Waals surface area contributed by atoms with Gasteiger partial charge in [0.05, 0.1) is 18.1 Å². The maximum absolute atomic E-state index is 11.4. The fourth-order valence-corrected chi connectivity index (χ4v) is 1.49. The summed E-state index contributed by atoms with van der Waals surface area (Å²) in [5.41, 5.74) is 1.46. The van der Waals surface area contributed by atoms with Crippen molar-refractivity contribution >= 4 is 17.3 Å². The van der Waals surface area contributed by atoms with Crippen molar-refractivity contribution in [3.8, 4) is 0 Å². The fourth-order valence-electron chi connectivity index (χ4n) is 1.49. The average Bonchev–Trinajstić information content (AvgIpc) is 2.37. The lowest BCUT2D eigenvalue weighted by molar-refractivity contribution is -0.384. The standard InChI is InChI=1S/C12H17N3O4/c1-9-7-10(15(17)18)3-4-11(9)14-8-12(16)13-5-6-19-2/h3-4,7,14H,5-6,8H2,1-2H3,(H,13,16). The second kappa shape index (κ2) is 7.32. The average molecular weight is 267 g/mol. The molecule has 0 heterocycles. The highest BCUT2D eigenvalue weighted by Gasteiger charge is 2.08. The minimum Gasteiger partial charge on any atom is -0.383 e. The lowest BCUT2D eigenvalue weighted by atomic mass is 10.2. The van der Waals surface area contributed by atoms with Gasteiger partial charge in [-0.1, -0.05) is 0 Å². The molecule has 0 bridgehead atoms. The number of rotatable bonds is 7. The summed E-state index contributed by atoms with van der Waals surface area (Å²) < 4.78 is 4.81. The third kappa shape index (κ3) is 4.92. The Morgan fingerprint density at radius 2 is 2.21 bits per heavy atom. The van der Waals surface area contributed by atoms with Crippen LogP contribution in [-0.2, 0) is 9.53 Å². The molecule has 0 aliphatic carbocycles. The van der Waals surface area contributed by atoms with Crippen LogP contribution in [0, 0.1) is 17.0 Å². The predicted octanol–water partition coefficient (Wildman–Crippen LogP) is 1.08. The summed E-state index contributed by atoms with van der Waals surface area (Å²) in [6.45, 7) is 2.78. The van der Waals surface area contributed by atoms with Gasteiger partial charge in [0.2, 0.25) is 5.91 Å². The Balaban J connectivity index is 2.49. The van der Waals surface area contributed by atoms with Gasteiger partial charge in [-0.05, 0) is 18.6 Å². The van der Waals surface area contributed by atoms with Gasteiger partial charge in [0.15, 0.2) is 0 Å². The van der Waals surface area contributed by atoms with Crippen molar-refractivity contribution in [2.75, 3.05) is 32.1 Å². The van der Waals surface area contributed by atoms with Gasteiger partial charge < -0.3 is 15.4 Å². The van der Waals surface area contributed by atoms with E-state index in [1.807, 2.05) is 0 Å². The predicted molar refractivity (Wildman–Crippen MR) is 71.2 cm³/mol. The van der Waals surface area contributed by atoms with Crippen molar-refractivity contribution in [1.29, 1.82) is 0 Å². The molecular weight excluding hydrogens is 250 g/mol. The van der Waals surface area contributed by atoms with Crippen LogP contribution < -0.4 is 10.6 Å². The first-order valence-electron chi connectivity index (χ1n) is 5.79. The molecule has 1 aromatic rings. The molecule has 0 saturated carbocycles. The van der Waals surface area contributed by atoms with Gasteiger partial charge in [0.25, 0.3) is 5.69 Å². The molecule has 0 aliphatic rings. The van der Waals surface area contributed by atoms with Gasteiger partial charge in [0, 0.05) is 31.5 Å². The van der Waals surface area contributed by atoms with Gasteiger partial charge >= 0.3 is 0 Å². The van der Waals surface area contributed by atoms with Crippen LogP contribution >= 0.6 is 0 Å². The van der Waals surface area contributed by atoms with Crippen LogP contribution in [0.3, 0.4) is 0 Å². The molecule has 19 heavy (non-hydrogen) atoms. The number of hydrogen-bond acceptors (Lipinski definition) is 5. The van der Waals surface area contributed by atoms with Crippen molar-refractivity contribution < 1.29 is 14.5 Å². The number of hydrogen-bond donors (Lipinski definition) is 2. The molecule has 7 heteroatoms. The van der Waals surface area contributed by atoms with Gasteiger partial charge in [-0.3, -0.25) is 14.9 Å². The van der Waals surface area contributed by atoms with E-state index in [4.69, 9.17) is 4.74 Å². The molecule has 1 amide bonds. The van der Waals surface area contributed by atoms with Gasteiger partial charge in [-0.2, -0.15) is 0 Å². The van der Waals surface area contributed by atoms with Crippen molar-refractivity contribution in [2.24, 2.45) is 0 Å². The van der Waals surface area contributed by atoms with Crippen LogP contribution in [0.1, 0.15) is 5.56 Å². The minimum absolute atomic E-state index is 0.0348. The number of methoxy groups -OCH3 is 1. The molecule has 7 nitrogen and oxygen atoms in total. The lowest BCUT2D eigenvalue weighted by Gasteiger charge is -2.09. The number of ether oxygens (including phenoxy) is 1. The van der Waals surface area contributed by atoms with E-state index in [9.17, 15) is 14.9 Å². The van der Waals surface area contributed by atoms with Crippen LogP contribution in [0.15, 0.2) is 18.2 Å². The molecule has 0 aromatic heterocycles. The second-order valence-corrected chi connectivity index (χ2v) is 3.95. The third-order valence-corrected chi connectivity index (χ3v) is 2.49. The molecule has 0 saturated heterocycles. The van der Waals surface area contributed by atoms with Crippen LogP contribution in [0.5, 0.6) is 0 Å². The number of nitrogens with zero attached hydrogens (tertiary/aromatic N) is 1. The number of aryl methyl sites for hydroxylation is 1. The normalized spacial score (nSPS) is 10.0. The van der Waals surface area contributed by atoms with Crippen molar-refractivity contribution in [1.82, 2.24) is 5.32 Å². The van der Waals surface area contributed by atoms with E-state index in [0.717, 1.165) is 5.56 Å². The minimum atomic E-state index is -0.450. The Kier molecular flexibility index (Phi) is 5.74. The molecule has 0 unspecified atom stereocenters. The number of non-ortho nitro benzene ring substituents is 1. The number of carbonyl (C=O) groups is 1. The molecule has 0 aliphatic heterocycles. The number of anilines is 1. The molecule has 0 radical (unpaired) electrons. The number of carbonyl (C=O) groups excluding carboxylic acids is 1. The first-order valence-corrected chi connectivity index (χ1v) is 5.79. The molecule has 1 rings (SSSR count). The van der Waals surface area contributed by atoms with Crippen molar-refractivity contribution in [3.63, 3.8) is 0 Å². The Morgan fingerprint density at radius 1 is 1.47 bits per heavy atom. The second-order valence-electron chi connectivity index (χ2n) is 3.95. The zero-order valence-electron chi connectivity index (χ0n) is 10.9. The van der Waals surface area contributed by atoms with E-state index < -0.39 is 4.92 Å². The zero-order valence-corrected chi connectivity index (χ0v) is 10.9. The molecule has 104 valence electrons. The Labute approximate surface area is 111 Å². The highest BCUT2D eigenvalue weighted by molar-refractivity contribution is 5.81. The highest BCUT2D eigenvalue weighted by Crippen LogP contribution is 2.20. The number of nitrogens with one attached hydrogen (secondary N) is 2. The number of nitro benzene ring substituents is 1. The SMILES string of the molecule is COCCNC(=O)CNc1ccc([N+](=O)[O-])cc1C. The van der Waals surface area contributed by atoms with E-state index in [0.29, 0.717) is 18.8 Å². The van der Waals surface area contributed by atoms with Gasteiger partial charge in [0.1, 0.15) is 0 Å².